The van der Waals surface area contributed by atoms with Crippen LogP contribution in [-0.4, -0.2) is 34.7 Å². The maximum absolute atomic E-state index is 12.7. The molecule has 3 unspecified atom stereocenters. The third-order valence-electron chi connectivity index (χ3n) is 6.75. The van der Waals surface area contributed by atoms with E-state index in [2.05, 4.69) is 34.6 Å². The average Bonchev–Trinajstić information content (AvgIpc) is 3.25. The number of esters is 1. The van der Waals surface area contributed by atoms with Crippen LogP contribution >= 0.6 is 0 Å². The highest BCUT2D eigenvalue weighted by atomic mass is 16.5. The molecule has 3 aromatic carbocycles. The van der Waals surface area contributed by atoms with E-state index in [4.69, 9.17) is 9.47 Å². The van der Waals surface area contributed by atoms with E-state index in [9.17, 15) is 14.7 Å². The number of rotatable bonds is 7. The predicted octanol–water partition coefficient (Wildman–Crippen LogP) is 5.05. The normalized spacial score (nSPS) is 19.4. The van der Waals surface area contributed by atoms with Gasteiger partial charge in [0.25, 0.3) is 0 Å². The van der Waals surface area contributed by atoms with Crippen molar-refractivity contribution in [1.29, 1.82) is 0 Å². The second-order valence-corrected chi connectivity index (χ2v) is 8.77. The summed E-state index contributed by atoms with van der Waals surface area (Å²) in [6.45, 7) is 4.37. The van der Waals surface area contributed by atoms with Crippen LogP contribution in [0.15, 0.2) is 60.7 Å². The Morgan fingerprint density at radius 2 is 1.80 bits per heavy atom. The molecule has 1 aromatic heterocycles. The summed E-state index contributed by atoms with van der Waals surface area (Å²) in [5.74, 6) is -1.04. The lowest BCUT2D eigenvalue weighted by Gasteiger charge is -2.34. The van der Waals surface area contributed by atoms with Gasteiger partial charge in [-0.15, -0.1) is 0 Å². The summed E-state index contributed by atoms with van der Waals surface area (Å²) in [5, 5.41) is 16.1. The first kappa shape index (κ1) is 22.9. The summed E-state index contributed by atoms with van der Waals surface area (Å²) in [5.41, 5.74) is 3.31. The molecule has 3 N–H and O–H groups in total. The van der Waals surface area contributed by atoms with Crippen molar-refractivity contribution in [3.63, 3.8) is 0 Å². The third kappa shape index (κ3) is 4.12. The number of hydrogen-bond donors (Lipinski definition) is 3. The van der Waals surface area contributed by atoms with Crippen molar-refractivity contribution in [2.45, 2.75) is 44.9 Å². The van der Waals surface area contributed by atoms with Gasteiger partial charge < -0.3 is 19.6 Å². The van der Waals surface area contributed by atoms with E-state index in [1.807, 2.05) is 43.3 Å². The van der Waals surface area contributed by atoms with Crippen LogP contribution in [0.25, 0.3) is 21.7 Å². The standard InChI is InChI=1S/C28H28N2O5/c1-3-19-23-21-14-18(35-15-17-10-7-9-16-8-5-6-11-20(16)17)12-13-22(21)29-25(23)26(27(31)32)30-24(19)28(33)34-4-2/h5-14,19,24,26,29-30H,3-4,15H2,1-2H3,(H,31,32). The molecule has 2 heterocycles. The summed E-state index contributed by atoms with van der Waals surface area (Å²) in [4.78, 5) is 28.1. The lowest BCUT2D eigenvalue weighted by atomic mass is 9.81. The van der Waals surface area contributed by atoms with Crippen LogP contribution in [0.1, 0.15) is 49.0 Å². The van der Waals surface area contributed by atoms with E-state index in [0.717, 1.165) is 32.8 Å². The minimum absolute atomic E-state index is 0.234. The van der Waals surface area contributed by atoms with Crippen molar-refractivity contribution < 1.29 is 24.2 Å². The van der Waals surface area contributed by atoms with Gasteiger partial charge in [0.05, 0.1) is 6.61 Å². The highest BCUT2D eigenvalue weighted by Crippen LogP contribution is 2.42. The van der Waals surface area contributed by atoms with Gasteiger partial charge in [0.1, 0.15) is 24.4 Å². The number of aromatic amines is 1. The molecule has 7 heteroatoms. The quantitative estimate of drug-likeness (QED) is 0.325. The number of benzene rings is 3. The number of carboxylic acid groups (broad SMARTS) is 1. The van der Waals surface area contributed by atoms with Gasteiger partial charge >= 0.3 is 11.9 Å². The smallest absolute Gasteiger partial charge is 0.326 e. The molecule has 5 rings (SSSR count). The van der Waals surface area contributed by atoms with Crippen LogP contribution in [0.3, 0.4) is 0 Å². The van der Waals surface area contributed by atoms with E-state index in [-0.39, 0.29) is 12.5 Å². The van der Waals surface area contributed by atoms with Gasteiger partial charge in [-0.3, -0.25) is 14.9 Å². The summed E-state index contributed by atoms with van der Waals surface area (Å²) in [6, 6.07) is 18.3. The second kappa shape index (κ2) is 9.43. The number of carbonyl (C=O) groups is 2. The molecule has 0 spiro atoms. The van der Waals surface area contributed by atoms with E-state index < -0.39 is 24.0 Å². The van der Waals surface area contributed by atoms with Gasteiger partial charge in [-0.25, -0.2) is 0 Å². The Morgan fingerprint density at radius 3 is 2.57 bits per heavy atom. The molecule has 1 aliphatic rings. The Kier molecular flexibility index (Phi) is 6.17. The average molecular weight is 473 g/mol. The van der Waals surface area contributed by atoms with Crippen LogP contribution in [0.2, 0.25) is 0 Å². The number of hydrogen-bond acceptors (Lipinski definition) is 5. The molecule has 0 radical (unpaired) electrons. The van der Waals surface area contributed by atoms with Crippen molar-refractivity contribution in [1.82, 2.24) is 10.3 Å². The fraction of sp³-hybridized carbons (Fsp3) is 0.286. The number of carbonyl (C=O) groups excluding carboxylic acids is 1. The predicted molar refractivity (Wildman–Crippen MR) is 134 cm³/mol. The zero-order valence-corrected chi connectivity index (χ0v) is 19.7. The lowest BCUT2D eigenvalue weighted by molar-refractivity contribution is -0.148. The molecular weight excluding hydrogens is 444 g/mol. The van der Waals surface area contributed by atoms with Crippen LogP contribution in [0, 0.1) is 0 Å². The van der Waals surface area contributed by atoms with Crippen molar-refractivity contribution >= 4 is 33.6 Å². The van der Waals surface area contributed by atoms with Gasteiger partial charge in [0.2, 0.25) is 0 Å². The Morgan fingerprint density at radius 1 is 1.00 bits per heavy atom. The number of H-pyrrole nitrogens is 1. The Bertz CT molecular complexity index is 1400. The van der Waals surface area contributed by atoms with Crippen molar-refractivity contribution in [3.05, 3.63) is 77.5 Å². The zero-order chi connectivity index (χ0) is 24.5. The van der Waals surface area contributed by atoms with E-state index in [1.165, 1.54) is 0 Å². The van der Waals surface area contributed by atoms with E-state index in [1.54, 1.807) is 6.92 Å². The molecule has 7 nitrogen and oxygen atoms in total. The number of fused-ring (bicyclic) bond motifs is 4. The first-order valence-corrected chi connectivity index (χ1v) is 11.9. The molecule has 0 aliphatic carbocycles. The lowest BCUT2D eigenvalue weighted by Crippen LogP contribution is -2.50. The van der Waals surface area contributed by atoms with Crippen molar-refractivity contribution in [2.75, 3.05) is 6.61 Å². The zero-order valence-electron chi connectivity index (χ0n) is 19.7. The van der Waals surface area contributed by atoms with Gasteiger partial charge in [-0.05, 0) is 53.4 Å². The summed E-state index contributed by atoms with van der Waals surface area (Å²) >= 11 is 0. The Labute approximate surface area is 203 Å². The molecule has 4 aromatic rings. The minimum Gasteiger partial charge on any atom is -0.489 e. The van der Waals surface area contributed by atoms with Gasteiger partial charge in [-0.1, -0.05) is 49.4 Å². The fourth-order valence-corrected chi connectivity index (χ4v) is 5.15. The maximum Gasteiger partial charge on any atom is 0.326 e. The number of ether oxygens (including phenoxy) is 2. The number of aliphatic carboxylic acids is 1. The summed E-state index contributed by atoms with van der Waals surface area (Å²) in [6.07, 6.45) is 0.643. The first-order chi connectivity index (χ1) is 17.0. The molecule has 0 saturated carbocycles. The maximum atomic E-state index is 12.7. The van der Waals surface area contributed by atoms with Crippen LogP contribution in [-0.2, 0) is 20.9 Å². The number of nitrogens with one attached hydrogen (secondary N) is 2. The van der Waals surface area contributed by atoms with Gasteiger partial charge in [-0.2, -0.15) is 0 Å². The highest BCUT2D eigenvalue weighted by Gasteiger charge is 2.43. The molecule has 0 amide bonds. The number of aromatic nitrogens is 1. The SMILES string of the molecule is CCOC(=O)C1NC(C(=O)O)c2[nH]c3ccc(OCc4cccc5ccccc45)cc3c2C1CC. The molecule has 0 fully saturated rings. The molecule has 3 atom stereocenters. The van der Waals surface area contributed by atoms with Crippen LogP contribution in [0.5, 0.6) is 5.75 Å². The summed E-state index contributed by atoms with van der Waals surface area (Å²) in [7, 11) is 0. The highest BCUT2D eigenvalue weighted by molar-refractivity contribution is 5.92. The van der Waals surface area contributed by atoms with E-state index in [0.29, 0.717) is 24.5 Å². The molecule has 0 bridgehead atoms. The molecular formula is C28H28N2O5. The Balaban J connectivity index is 1.52. The van der Waals surface area contributed by atoms with Crippen LogP contribution in [0.4, 0.5) is 0 Å². The molecule has 35 heavy (non-hydrogen) atoms. The van der Waals surface area contributed by atoms with Gasteiger partial charge in [0.15, 0.2) is 0 Å². The van der Waals surface area contributed by atoms with Crippen LogP contribution < -0.4 is 10.1 Å². The minimum atomic E-state index is -1.05. The second-order valence-electron chi connectivity index (χ2n) is 8.77. The first-order valence-electron chi connectivity index (χ1n) is 11.9. The topological polar surface area (TPSA) is 101 Å². The van der Waals surface area contributed by atoms with Gasteiger partial charge in [0, 0.05) is 22.5 Å². The monoisotopic (exact) mass is 472 g/mol. The summed E-state index contributed by atoms with van der Waals surface area (Å²) < 4.78 is 11.4. The molecule has 0 saturated heterocycles. The fourth-order valence-electron chi connectivity index (χ4n) is 5.15. The largest absolute Gasteiger partial charge is 0.489 e. The van der Waals surface area contributed by atoms with E-state index >= 15 is 0 Å². The molecule has 1 aliphatic heterocycles. The molecule has 180 valence electrons. The Hall–Kier alpha value is -3.84. The number of carboxylic acids is 1. The third-order valence-corrected chi connectivity index (χ3v) is 6.75. The van der Waals surface area contributed by atoms with Crippen molar-refractivity contribution in [3.8, 4) is 5.75 Å². The van der Waals surface area contributed by atoms with Crippen molar-refractivity contribution in [2.24, 2.45) is 0 Å².